The second-order valence-corrected chi connectivity index (χ2v) is 6.49. The SMILES string of the molecule is CSc1ccc(C2(CN)CCCC2)c(SC)c1. The molecular weight excluding hydrogens is 246 g/mol. The van der Waals surface area contributed by atoms with E-state index in [0.29, 0.717) is 0 Å². The minimum Gasteiger partial charge on any atom is -0.330 e. The molecule has 0 heterocycles. The molecule has 1 fully saturated rings. The molecular formula is C14H21NS2. The zero-order valence-electron chi connectivity index (χ0n) is 10.7. The average molecular weight is 267 g/mol. The number of nitrogens with two attached hydrogens (primary N) is 1. The van der Waals surface area contributed by atoms with E-state index < -0.39 is 0 Å². The van der Waals surface area contributed by atoms with Crippen molar-refractivity contribution in [2.75, 3.05) is 19.1 Å². The maximum absolute atomic E-state index is 6.08. The van der Waals surface area contributed by atoms with Gasteiger partial charge in [-0.05, 0) is 43.0 Å². The summed E-state index contributed by atoms with van der Waals surface area (Å²) in [5.74, 6) is 0. The summed E-state index contributed by atoms with van der Waals surface area (Å²) in [6.07, 6.45) is 9.48. The molecule has 0 unspecified atom stereocenters. The van der Waals surface area contributed by atoms with Crippen molar-refractivity contribution in [1.82, 2.24) is 0 Å². The van der Waals surface area contributed by atoms with Gasteiger partial charge in [-0.15, -0.1) is 23.5 Å². The predicted molar refractivity (Wildman–Crippen MR) is 79.2 cm³/mol. The third kappa shape index (κ3) is 2.51. The fourth-order valence-electron chi connectivity index (χ4n) is 2.87. The Kier molecular flexibility index (Phi) is 4.45. The first-order valence-corrected chi connectivity index (χ1v) is 8.63. The summed E-state index contributed by atoms with van der Waals surface area (Å²) in [5.41, 5.74) is 7.83. The molecule has 0 aliphatic heterocycles. The second kappa shape index (κ2) is 5.68. The third-order valence-corrected chi connectivity index (χ3v) is 5.43. The van der Waals surface area contributed by atoms with E-state index in [0.717, 1.165) is 6.54 Å². The number of hydrogen-bond acceptors (Lipinski definition) is 3. The van der Waals surface area contributed by atoms with Gasteiger partial charge in [-0.3, -0.25) is 0 Å². The Hall–Kier alpha value is -0.120. The number of benzene rings is 1. The maximum Gasteiger partial charge on any atom is 0.0118 e. The van der Waals surface area contributed by atoms with E-state index in [4.69, 9.17) is 5.73 Å². The molecule has 1 aliphatic rings. The Morgan fingerprint density at radius 2 is 1.88 bits per heavy atom. The second-order valence-electron chi connectivity index (χ2n) is 4.76. The zero-order chi connectivity index (χ0) is 12.3. The van der Waals surface area contributed by atoms with Crippen LogP contribution in [0, 0.1) is 0 Å². The standard InChI is InChI=1S/C14H21NS2/c1-16-11-5-6-12(13(9-11)17-2)14(10-15)7-3-4-8-14/h5-6,9H,3-4,7-8,10,15H2,1-2H3. The van der Waals surface area contributed by atoms with E-state index in [-0.39, 0.29) is 5.41 Å². The van der Waals surface area contributed by atoms with Gasteiger partial charge in [-0.2, -0.15) is 0 Å². The van der Waals surface area contributed by atoms with E-state index in [2.05, 4.69) is 30.7 Å². The lowest BCUT2D eigenvalue weighted by atomic mass is 9.79. The van der Waals surface area contributed by atoms with Gasteiger partial charge in [0.1, 0.15) is 0 Å². The summed E-state index contributed by atoms with van der Waals surface area (Å²) >= 11 is 3.67. The number of thioether (sulfide) groups is 2. The van der Waals surface area contributed by atoms with Crippen molar-refractivity contribution in [3.8, 4) is 0 Å². The highest BCUT2D eigenvalue weighted by atomic mass is 32.2. The molecule has 0 saturated heterocycles. The molecule has 1 nitrogen and oxygen atoms in total. The summed E-state index contributed by atoms with van der Waals surface area (Å²) in [7, 11) is 0. The van der Waals surface area contributed by atoms with Gasteiger partial charge in [0.15, 0.2) is 0 Å². The van der Waals surface area contributed by atoms with Crippen molar-refractivity contribution in [3.05, 3.63) is 23.8 Å². The van der Waals surface area contributed by atoms with Crippen LogP contribution in [-0.4, -0.2) is 19.1 Å². The lowest BCUT2D eigenvalue weighted by Crippen LogP contribution is -2.32. The molecule has 1 saturated carbocycles. The smallest absolute Gasteiger partial charge is 0.0118 e. The quantitative estimate of drug-likeness (QED) is 0.838. The molecule has 2 rings (SSSR count). The first kappa shape index (κ1) is 13.3. The van der Waals surface area contributed by atoms with Crippen LogP contribution in [0.15, 0.2) is 28.0 Å². The number of hydrogen-bond donors (Lipinski definition) is 1. The Morgan fingerprint density at radius 1 is 1.18 bits per heavy atom. The first-order valence-electron chi connectivity index (χ1n) is 6.18. The van der Waals surface area contributed by atoms with Gasteiger partial charge >= 0.3 is 0 Å². The Balaban J connectivity index is 2.42. The molecule has 17 heavy (non-hydrogen) atoms. The normalized spacial score (nSPS) is 18.5. The predicted octanol–water partition coefficient (Wildman–Crippen LogP) is 3.90. The summed E-state index contributed by atoms with van der Waals surface area (Å²) in [5, 5.41) is 0. The Bertz CT molecular complexity index is 384. The van der Waals surface area contributed by atoms with Gasteiger partial charge in [0.05, 0.1) is 0 Å². The highest BCUT2D eigenvalue weighted by molar-refractivity contribution is 7.99. The van der Waals surface area contributed by atoms with Crippen LogP contribution < -0.4 is 5.73 Å². The minimum atomic E-state index is 0.259. The van der Waals surface area contributed by atoms with Gasteiger partial charge in [0.25, 0.3) is 0 Å². The minimum absolute atomic E-state index is 0.259. The molecule has 94 valence electrons. The van der Waals surface area contributed by atoms with E-state index in [1.54, 1.807) is 0 Å². The summed E-state index contributed by atoms with van der Waals surface area (Å²) in [6.45, 7) is 0.791. The molecule has 0 atom stereocenters. The summed E-state index contributed by atoms with van der Waals surface area (Å²) in [4.78, 5) is 2.77. The molecule has 0 amide bonds. The molecule has 0 bridgehead atoms. The van der Waals surface area contributed by atoms with E-state index >= 15 is 0 Å². The van der Waals surface area contributed by atoms with Crippen molar-refractivity contribution in [3.63, 3.8) is 0 Å². The van der Waals surface area contributed by atoms with Crippen molar-refractivity contribution < 1.29 is 0 Å². The van der Waals surface area contributed by atoms with E-state index in [1.807, 2.05) is 23.5 Å². The van der Waals surface area contributed by atoms with Crippen LogP contribution >= 0.6 is 23.5 Å². The topological polar surface area (TPSA) is 26.0 Å². The highest BCUT2D eigenvalue weighted by Crippen LogP contribution is 2.44. The zero-order valence-corrected chi connectivity index (χ0v) is 12.3. The van der Waals surface area contributed by atoms with Crippen LogP contribution in [-0.2, 0) is 5.41 Å². The Morgan fingerprint density at radius 3 is 2.41 bits per heavy atom. The lowest BCUT2D eigenvalue weighted by Gasteiger charge is -2.30. The van der Waals surface area contributed by atoms with Gasteiger partial charge in [0, 0.05) is 21.8 Å². The third-order valence-electron chi connectivity index (χ3n) is 3.93. The van der Waals surface area contributed by atoms with Gasteiger partial charge in [-0.25, -0.2) is 0 Å². The van der Waals surface area contributed by atoms with Gasteiger partial charge in [0.2, 0.25) is 0 Å². The van der Waals surface area contributed by atoms with Crippen LogP contribution in [0.1, 0.15) is 31.2 Å². The molecule has 0 radical (unpaired) electrons. The molecule has 1 aromatic carbocycles. The molecule has 1 aromatic rings. The van der Waals surface area contributed by atoms with Crippen LogP contribution in [0.4, 0.5) is 0 Å². The largest absolute Gasteiger partial charge is 0.330 e. The fourth-order valence-corrected chi connectivity index (χ4v) is 4.14. The van der Waals surface area contributed by atoms with Crippen LogP contribution in [0.3, 0.4) is 0 Å². The van der Waals surface area contributed by atoms with Crippen LogP contribution in [0.5, 0.6) is 0 Å². The van der Waals surface area contributed by atoms with Gasteiger partial charge < -0.3 is 5.73 Å². The van der Waals surface area contributed by atoms with Crippen molar-refractivity contribution in [1.29, 1.82) is 0 Å². The van der Waals surface area contributed by atoms with E-state index in [1.165, 1.54) is 41.0 Å². The first-order chi connectivity index (χ1) is 8.25. The molecule has 2 N–H and O–H groups in total. The molecule has 3 heteroatoms. The number of rotatable bonds is 4. The average Bonchev–Trinajstić information content (AvgIpc) is 2.87. The van der Waals surface area contributed by atoms with E-state index in [9.17, 15) is 0 Å². The van der Waals surface area contributed by atoms with Crippen molar-refractivity contribution in [2.24, 2.45) is 5.73 Å². The summed E-state index contributed by atoms with van der Waals surface area (Å²) in [6, 6.07) is 6.88. The van der Waals surface area contributed by atoms with Crippen molar-refractivity contribution >= 4 is 23.5 Å². The lowest BCUT2D eigenvalue weighted by molar-refractivity contribution is 0.445. The van der Waals surface area contributed by atoms with Crippen molar-refractivity contribution in [2.45, 2.75) is 40.9 Å². The maximum atomic E-state index is 6.08. The fraction of sp³-hybridized carbons (Fsp3) is 0.571. The summed E-state index contributed by atoms with van der Waals surface area (Å²) < 4.78 is 0. The highest BCUT2D eigenvalue weighted by Gasteiger charge is 2.35. The molecule has 0 aromatic heterocycles. The Labute approximate surface area is 113 Å². The monoisotopic (exact) mass is 267 g/mol. The van der Waals surface area contributed by atoms with Gasteiger partial charge in [-0.1, -0.05) is 18.9 Å². The molecule has 1 aliphatic carbocycles. The van der Waals surface area contributed by atoms with Crippen LogP contribution in [0.25, 0.3) is 0 Å². The van der Waals surface area contributed by atoms with Crippen LogP contribution in [0.2, 0.25) is 0 Å². The molecule has 0 spiro atoms.